The number of carbonyl (C=O) groups is 3. The molecule has 0 saturated carbocycles. The van der Waals surface area contributed by atoms with Crippen molar-refractivity contribution < 1.29 is 19.3 Å². The van der Waals surface area contributed by atoms with Crippen LogP contribution in [0, 0.1) is 22.0 Å². The van der Waals surface area contributed by atoms with E-state index in [1.165, 1.54) is 29.2 Å². The standard InChI is InChI=1S/C22H18N4O5/c1-2-24-21(28)16-17(22(24)29)19(20(27)12-7-9-14(10-8-12)26(30)31)25-18(16)15-6-4-3-5-13(15)11-23-25/h3-11,16-19H,2H2,1H3. The normalized spacial score (nSPS) is 26.0. The quantitative estimate of drug-likeness (QED) is 0.325. The molecule has 5 rings (SSSR count). The number of ketones is 1. The van der Waals surface area contributed by atoms with Crippen molar-refractivity contribution in [3.8, 4) is 0 Å². The molecule has 3 aliphatic rings. The van der Waals surface area contributed by atoms with Gasteiger partial charge in [-0.1, -0.05) is 24.3 Å². The molecule has 0 radical (unpaired) electrons. The zero-order valence-corrected chi connectivity index (χ0v) is 16.5. The molecule has 156 valence electrons. The highest BCUT2D eigenvalue weighted by molar-refractivity contribution is 6.12. The number of imide groups is 1. The summed E-state index contributed by atoms with van der Waals surface area (Å²) >= 11 is 0. The van der Waals surface area contributed by atoms with Gasteiger partial charge in [0.05, 0.1) is 29.0 Å². The molecular formula is C22H18N4O5. The number of hydrogen-bond acceptors (Lipinski definition) is 7. The lowest BCUT2D eigenvalue weighted by Gasteiger charge is -2.33. The van der Waals surface area contributed by atoms with E-state index in [0.29, 0.717) is 0 Å². The Bertz CT molecular complexity index is 1160. The van der Waals surface area contributed by atoms with Gasteiger partial charge in [0.2, 0.25) is 11.8 Å². The molecule has 31 heavy (non-hydrogen) atoms. The second-order valence-corrected chi connectivity index (χ2v) is 7.78. The average molecular weight is 418 g/mol. The molecule has 2 fully saturated rings. The number of carbonyl (C=O) groups excluding carboxylic acids is 3. The molecule has 9 nitrogen and oxygen atoms in total. The number of likely N-dealkylation sites (tertiary alicyclic amines) is 1. The monoisotopic (exact) mass is 418 g/mol. The van der Waals surface area contributed by atoms with Crippen LogP contribution in [-0.2, 0) is 9.59 Å². The lowest BCUT2D eigenvalue weighted by Crippen LogP contribution is -2.44. The van der Waals surface area contributed by atoms with Gasteiger partial charge in [0.25, 0.3) is 5.69 Å². The molecule has 0 N–H and O–H groups in total. The van der Waals surface area contributed by atoms with E-state index in [2.05, 4.69) is 5.10 Å². The summed E-state index contributed by atoms with van der Waals surface area (Å²) in [6, 6.07) is 11.3. The van der Waals surface area contributed by atoms with E-state index >= 15 is 0 Å². The summed E-state index contributed by atoms with van der Waals surface area (Å²) in [5.41, 5.74) is 1.80. The Hall–Kier alpha value is -3.88. The third kappa shape index (κ3) is 2.62. The number of fused-ring (bicyclic) bond motifs is 5. The number of nitro groups is 1. The van der Waals surface area contributed by atoms with Crippen molar-refractivity contribution >= 4 is 29.5 Å². The highest BCUT2D eigenvalue weighted by Crippen LogP contribution is 2.52. The molecule has 0 aliphatic carbocycles. The first-order valence-corrected chi connectivity index (χ1v) is 9.99. The van der Waals surface area contributed by atoms with E-state index in [1.54, 1.807) is 18.1 Å². The zero-order chi connectivity index (χ0) is 21.9. The van der Waals surface area contributed by atoms with Crippen molar-refractivity contribution in [3.63, 3.8) is 0 Å². The number of nitro benzene ring substituents is 1. The Labute approximate surface area is 177 Å². The largest absolute Gasteiger partial charge is 0.292 e. The van der Waals surface area contributed by atoms with Gasteiger partial charge in [-0.05, 0) is 30.2 Å². The molecule has 3 aliphatic heterocycles. The van der Waals surface area contributed by atoms with Crippen LogP contribution < -0.4 is 0 Å². The highest BCUT2D eigenvalue weighted by Gasteiger charge is 2.64. The van der Waals surface area contributed by atoms with Crippen molar-refractivity contribution in [2.75, 3.05) is 6.54 Å². The van der Waals surface area contributed by atoms with Gasteiger partial charge in [-0.2, -0.15) is 5.10 Å². The van der Waals surface area contributed by atoms with Crippen molar-refractivity contribution in [1.29, 1.82) is 0 Å². The van der Waals surface area contributed by atoms with Crippen LogP contribution in [0.4, 0.5) is 5.69 Å². The Balaban J connectivity index is 1.61. The van der Waals surface area contributed by atoms with Crippen molar-refractivity contribution in [1.82, 2.24) is 9.91 Å². The van der Waals surface area contributed by atoms with Gasteiger partial charge in [-0.25, -0.2) is 0 Å². The van der Waals surface area contributed by atoms with Crippen LogP contribution in [0.1, 0.15) is 34.5 Å². The number of hydrazone groups is 1. The Morgan fingerprint density at radius 2 is 1.74 bits per heavy atom. The highest BCUT2D eigenvalue weighted by atomic mass is 16.6. The summed E-state index contributed by atoms with van der Waals surface area (Å²) in [4.78, 5) is 51.5. The summed E-state index contributed by atoms with van der Waals surface area (Å²) in [7, 11) is 0. The minimum Gasteiger partial charge on any atom is -0.292 e. The van der Waals surface area contributed by atoms with Crippen LogP contribution in [0.25, 0.3) is 0 Å². The number of hydrogen-bond donors (Lipinski definition) is 0. The fourth-order valence-electron chi connectivity index (χ4n) is 4.96. The number of non-ortho nitro benzene ring substituents is 1. The van der Waals surface area contributed by atoms with Crippen molar-refractivity contribution in [3.05, 3.63) is 75.3 Å². The third-order valence-electron chi connectivity index (χ3n) is 6.33. The number of nitrogens with zero attached hydrogens (tertiary/aromatic N) is 4. The second-order valence-electron chi connectivity index (χ2n) is 7.78. The van der Waals surface area contributed by atoms with Gasteiger partial charge >= 0.3 is 0 Å². The summed E-state index contributed by atoms with van der Waals surface area (Å²) in [5.74, 6) is -2.62. The maximum atomic E-state index is 13.5. The van der Waals surface area contributed by atoms with Crippen LogP contribution in [0.5, 0.6) is 0 Å². The SMILES string of the molecule is CCN1C(=O)C2C(C1=O)C1c3ccccc3C=NN1C2C(=O)c1ccc([N+](=O)[O-])cc1. The molecule has 0 spiro atoms. The fraction of sp³-hybridized carbons (Fsp3) is 0.273. The van der Waals surface area contributed by atoms with Gasteiger partial charge in [-0.3, -0.25) is 34.4 Å². The molecule has 4 unspecified atom stereocenters. The smallest absolute Gasteiger partial charge is 0.269 e. The van der Waals surface area contributed by atoms with Gasteiger partial charge < -0.3 is 0 Å². The van der Waals surface area contributed by atoms with Crippen molar-refractivity contribution in [2.24, 2.45) is 16.9 Å². The second kappa shape index (κ2) is 6.83. The Morgan fingerprint density at radius 3 is 2.42 bits per heavy atom. The van der Waals surface area contributed by atoms with Gasteiger partial charge in [0, 0.05) is 24.2 Å². The molecule has 9 heteroatoms. The molecule has 2 aromatic rings. The van der Waals surface area contributed by atoms with E-state index in [-0.39, 0.29) is 35.4 Å². The summed E-state index contributed by atoms with van der Waals surface area (Å²) in [6.45, 7) is 1.97. The van der Waals surface area contributed by atoms with Crippen LogP contribution in [0.15, 0.2) is 53.6 Å². The van der Waals surface area contributed by atoms with Crippen LogP contribution in [0.3, 0.4) is 0 Å². The first kappa shape index (κ1) is 19.1. The molecular weight excluding hydrogens is 400 g/mol. The van der Waals surface area contributed by atoms with Crippen molar-refractivity contribution in [2.45, 2.75) is 19.0 Å². The van der Waals surface area contributed by atoms with E-state index < -0.39 is 28.8 Å². The summed E-state index contributed by atoms with van der Waals surface area (Å²) in [5, 5.41) is 17.0. The lowest BCUT2D eigenvalue weighted by atomic mass is 9.83. The third-order valence-corrected chi connectivity index (χ3v) is 6.33. The van der Waals surface area contributed by atoms with E-state index in [1.807, 2.05) is 24.3 Å². The van der Waals surface area contributed by atoms with Crippen LogP contribution in [-0.4, -0.2) is 51.2 Å². The van der Waals surface area contributed by atoms with E-state index in [4.69, 9.17) is 0 Å². The predicted octanol–water partition coefficient (Wildman–Crippen LogP) is 2.17. The van der Waals surface area contributed by atoms with E-state index in [0.717, 1.165) is 11.1 Å². The molecule has 2 amide bonds. The predicted molar refractivity (Wildman–Crippen MR) is 109 cm³/mol. The van der Waals surface area contributed by atoms with Crippen LogP contribution >= 0.6 is 0 Å². The average Bonchev–Trinajstić information content (AvgIpc) is 3.25. The Kier molecular flexibility index (Phi) is 4.21. The molecule has 2 saturated heterocycles. The van der Waals surface area contributed by atoms with Crippen LogP contribution in [0.2, 0.25) is 0 Å². The maximum absolute atomic E-state index is 13.5. The topological polar surface area (TPSA) is 113 Å². The molecule has 3 heterocycles. The lowest BCUT2D eigenvalue weighted by molar-refractivity contribution is -0.384. The molecule has 0 bridgehead atoms. The fourth-order valence-corrected chi connectivity index (χ4v) is 4.96. The maximum Gasteiger partial charge on any atom is 0.269 e. The first-order valence-electron chi connectivity index (χ1n) is 9.99. The molecule has 0 aromatic heterocycles. The first-order chi connectivity index (χ1) is 14.9. The minimum absolute atomic E-state index is 0.132. The van der Waals surface area contributed by atoms with E-state index in [9.17, 15) is 24.5 Å². The summed E-state index contributed by atoms with van der Waals surface area (Å²) < 4.78 is 0. The summed E-state index contributed by atoms with van der Waals surface area (Å²) in [6.07, 6.45) is 1.63. The molecule has 2 aromatic carbocycles. The Morgan fingerprint density at radius 1 is 1.06 bits per heavy atom. The zero-order valence-electron chi connectivity index (χ0n) is 16.5. The number of Topliss-reactive ketones (excluding diaryl/α,β-unsaturated/α-hetero) is 1. The van der Waals surface area contributed by atoms with Gasteiger partial charge in [0.15, 0.2) is 5.78 Å². The number of amides is 2. The molecule has 4 atom stereocenters. The number of rotatable bonds is 4. The van der Waals surface area contributed by atoms with Gasteiger partial charge in [0.1, 0.15) is 6.04 Å². The minimum atomic E-state index is -0.964. The van der Waals surface area contributed by atoms with Gasteiger partial charge in [-0.15, -0.1) is 0 Å². The number of benzene rings is 2.